The number of aryl methyl sites for hydroxylation is 2. The molecule has 0 heterocycles. The third-order valence-corrected chi connectivity index (χ3v) is 4.13. The van der Waals surface area contributed by atoms with Crippen LogP contribution in [0.2, 0.25) is 0 Å². The molecule has 2 N–H and O–H groups in total. The fourth-order valence-electron chi connectivity index (χ4n) is 2.22. The number of nitrogens with zero attached hydrogens (tertiary/aromatic N) is 2. The maximum Gasteiger partial charge on any atom is 0.127 e. The number of aromatic hydroxyl groups is 2. The predicted molar refractivity (Wildman–Crippen MR) is 99.8 cm³/mol. The third kappa shape index (κ3) is 4.22. The van der Waals surface area contributed by atoms with Crippen LogP contribution in [0.5, 0.6) is 11.5 Å². The molecule has 2 aromatic carbocycles. The minimum absolute atomic E-state index is 0.0480. The van der Waals surface area contributed by atoms with E-state index in [-0.39, 0.29) is 23.6 Å². The van der Waals surface area contributed by atoms with Gasteiger partial charge in [-0.05, 0) is 51.0 Å². The van der Waals surface area contributed by atoms with E-state index >= 15 is 0 Å². The van der Waals surface area contributed by atoms with Crippen molar-refractivity contribution in [1.29, 1.82) is 0 Å². The lowest BCUT2D eigenvalue weighted by molar-refractivity contribution is 0.469. The first-order valence-corrected chi connectivity index (χ1v) is 8.03. The van der Waals surface area contributed by atoms with E-state index in [4.69, 9.17) is 0 Å². The number of aliphatic imine (C=N–C) groups is 2. The molecule has 0 spiro atoms. The molecule has 2 aromatic rings. The van der Waals surface area contributed by atoms with Crippen LogP contribution in [0.15, 0.2) is 46.4 Å². The minimum atomic E-state index is -0.0480. The van der Waals surface area contributed by atoms with E-state index in [1.165, 1.54) is 0 Å². The number of hydrogen-bond donors (Lipinski definition) is 2. The first-order valence-electron chi connectivity index (χ1n) is 8.03. The molecule has 0 unspecified atom stereocenters. The Morgan fingerprint density at radius 1 is 0.750 bits per heavy atom. The Bertz CT molecular complexity index is 701. The summed E-state index contributed by atoms with van der Waals surface area (Å²) in [7, 11) is 0. The summed E-state index contributed by atoms with van der Waals surface area (Å²) in [5.41, 5.74) is 3.06. The molecule has 0 saturated carbocycles. The van der Waals surface area contributed by atoms with Gasteiger partial charge in [0.2, 0.25) is 0 Å². The lowest BCUT2D eigenvalue weighted by atomic mass is 10.1. The quantitative estimate of drug-likeness (QED) is 0.816. The van der Waals surface area contributed by atoms with Crippen molar-refractivity contribution in [3.8, 4) is 11.5 Å². The van der Waals surface area contributed by atoms with Gasteiger partial charge in [0.1, 0.15) is 11.5 Å². The molecule has 0 saturated heterocycles. The summed E-state index contributed by atoms with van der Waals surface area (Å²) in [4.78, 5) is 8.97. The van der Waals surface area contributed by atoms with Crippen LogP contribution in [0.3, 0.4) is 0 Å². The molecule has 126 valence electrons. The van der Waals surface area contributed by atoms with E-state index in [2.05, 4.69) is 9.98 Å². The van der Waals surface area contributed by atoms with Crippen LogP contribution in [0.4, 0.5) is 0 Å². The number of rotatable bonds is 5. The Morgan fingerprint density at radius 2 is 1.12 bits per heavy atom. The van der Waals surface area contributed by atoms with Crippen LogP contribution in [0.25, 0.3) is 0 Å². The zero-order chi connectivity index (χ0) is 17.7. The lowest BCUT2D eigenvalue weighted by Crippen LogP contribution is -2.16. The Balaban J connectivity index is 2.08. The average Bonchev–Trinajstić information content (AvgIpc) is 2.57. The van der Waals surface area contributed by atoms with Crippen LogP contribution in [-0.4, -0.2) is 34.7 Å². The summed E-state index contributed by atoms with van der Waals surface area (Å²) in [5.74, 6) is 0.517. The van der Waals surface area contributed by atoms with Gasteiger partial charge in [-0.2, -0.15) is 0 Å². The molecule has 0 aromatic heterocycles. The summed E-state index contributed by atoms with van der Waals surface area (Å²) in [6.07, 6.45) is 3.37. The summed E-state index contributed by atoms with van der Waals surface area (Å²) < 4.78 is 0. The van der Waals surface area contributed by atoms with E-state index in [1.807, 2.05) is 64.1 Å². The first-order chi connectivity index (χ1) is 11.4. The Morgan fingerprint density at radius 3 is 1.50 bits per heavy atom. The zero-order valence-electron chi connectivity index (χ0n) is 14.6. The molecule has 0 bridgehead atoms. The standard InChI is InChI=1S/C20H24N2O2/c1-13-7-5-9-17(19(13)23)11-21-15(3)16(4)22-12-18-10-6-8-14(2)20(18)24/h5-12,15-16,23-24H,1-4H3/t15-,16-/m0/s1. The van der Waals surface area contributed by atoms with Gasteiger partial charge in [0, 0.05) is 23.6 Å². The molecule has 0 aliphatic carbocycles. The van der Waals surface area contributed by atoms with E-state index in [9.17, 15) is 10.2 Å². The molecule has 0 radical (unpaired) electrons. The van der Waals surface area contributed by atoms with Gasteiger partial charge in [-0.1, -0.05) is 24.3 Å². The molecular weight excluding hydrogens is 300 g/mol. The molecule has 0 aliphatic rings. The van der Waals surface area contributed by atoms with Crippen LogP contribution in [0, 0.1) is 13.8 Å². The second kappa shape index (κ2) is 7.77. The number of benzene rings is 2. The molecule has 0 fully saturated rings. The predicted octanol–water partition coefficient (Wildman–Crippen LogP) is 4.03. The van der Waals surface area contributed by atoms with Gasteiger partial charge in [0.15, 0.2) is 0 Å². The highest BCUT2D eigenvalue weighted by Gasteiger charge is 2.09. The van der Waals surface area contributed by atoms with Crippen molar-refractivity contribution >= 4 is 12.4 Å². The van der Waals surface area contributed by atoms with Gasteiger partial charge in [0.05, 0.1) is 12.1 Å². The first kappa shape index (κ1) is 17.7. The highest BCUT2D eigenvalue weighted by atomic mass is 16.3. The topological polar surface area (TPSA) is 65.2 Å². The van der Waals surface area contributed by atoms with Gasteiger partial charge in [-0.15, -0.1) is 0 Å². The second-order valence-electron chi connectivity index (χ2n) is 6.06. The molecule has 4 nitrogen and oxygen atoms in total. The molecule has 0 aliphatic heterocycles. The largest absolute Gasteiger partial charge is 0.507 e. The summed E-state index contributed by atoms with van der Waals surface area (Å²) in [5, 5.41) is 20.0. The van der Waals surface area contributed by atoms with Gasteiger partial charge < -0.3 is 10.2 Å². The van der Waals surface area contributed by atoms with Gasteiger partial charge in [0.25, 0.3) is 0 Å². The van der Waals surface area contributed by atoms with Crippen molar-refractivity contribution in [2.45, 2.75) is 39.8 Å². The number of hydrogen-bond acceptors (Lipinski definition) is 4. The van der Waals surface area contributed by atoms with Crippen LogP contribution >= 0.6 is 0 Å². The normalized spacial score (nSPS) is 14.3. The molecular formula is C20H24N2O2. The van der Waals surface area contributed by atoms with E-state index in [0.29, 0.717) is 11.1 Å². The van der Waals surface area contributed by atoms with Crippen molar-refractivity contribution in [3.63, 3.8) is 0 Å². The highest BCUT2D eigenvalue weighted by Crippen LogP contribution is 2.21. The number of phenols is 2. The van der Waals surface area contributed by atoms with Crippen molar-refractivity contribution in [3.05, 3.63) is 58.7 Å². The van der Waals surface area contributed by atoms with E-state index in [1.54, 1.807) is 12.4 Å². The third-order valence-electron chi connectivity index (χ3n) is 4.13. The SMILES string of the molecule is Cc1cccc(C=N[C@@H](C)[C@H](C)N=Cc2cccc(C)c2O)c1O. The van der Waals surface area contributed by atoms with Crippen LogP contribution < -0.4 is 0 Å². The van der Waals surface area contributed by atoms with Crippen LogP contribution in [-0.2, 0) is 0 Å². The smallest absolute Gasteiger partial charge is 0.127 e. The minimum Gasteiger partial charge on any atom is -0.507 e. The summed E-state index contributed by atoms with van der Waals surface area (Å²) in [6.45, 7) is 7.66. The molecule has 2 rings (SSSR count). The lowest BCUT2D eigenvalue weighted by Gasteiger charge is -2.12. The molecule has 2 atom stereocenters. The number of phenolic OH excluding ortho intramolecular Hbond substituents is 2. The fraction of sp³-hybridized carbons (Fsp3) is 0.300. The zero-order valence-corrected chi connectivity index (χ0v) is 14.6. The van der Waals surface area contributed by atoms with Crippen LogP contribution in [0.1, 0.15) is 36.1 Å². The van der Waals surface area contributed by atoms with E-state index in [0.717, 1.165) is 11.1 Å². The Hall–Kier alpha value is -2.62. The van der Waals surface area contributed by atoms with Crippen molar-refractivity contribution in [1.82, 2.24) is 0 Å². The van der Waals surface area contributed by atoms with Gasteiger partial charge in [-0.3, -0.25) is 9.98 Å². The maximum absolute atomic E-state index is 10.0. The fourth-order valence-corrected chi connectivity index (χ4v) is 2.22. The molecule has 4 heteroatoms. The van der Waals surface area contributed by atoms with Crippen molar-refractivity contribution in [2.75, 3.05) is 0 Å². The Kier molecular flexibility index (Phi) is 5.74. The maximum atomic E-state index is 10.0. The van der Waals surface area contributed by atoms with Crippen molar-refractivity contribution < 1.29 is 10.2 Å². The molecule has 24 heavy (non-hydrogen) atoms. The van der Waals surface area contributed by atoms with Gasteiger partial charge in [-0.25, -0.2) is 0 Å². The summed E-state index contributed by atoms with van der Waals surface area (Å²) >= 11 is 0. The highest BCUT2D eigenvalue weighted by molar-refractivity contribution is 5.85. The molecule has 0 amide bonds. The second-order valence-corrected chi connectivity index (χ2v) is 6.06. The van der Waals surface area contributed by atoms with Gasteiger partial charge >= 0.3 is 0 Å². The van der Waals surface area contributed by atoms with Crippen molar-refractivity contribution in [2.24, 2.45) is 9.98 Å². The van der Waals surface area contributed by atoms with E-state index < -0.39 is 0 Å². The Labute approximate surface area is 143 Å². The average molecular weight is 324 g/mol. The number of para-hydroxylation sites is 2. The monoisotopic (exact) mass is 324 g/mol. The summed E-state index contributed by atoms with van der Waals surface area (Å²) in [6, 6.07) is 11.1.